The average molecular weight is 490 g/mol. The maximum atomic E-state index is 11.2. The highest BCUT2D eigenvalue weighted by atomic mass is 16.5. The van der Waals surface area contributed by atoms with E-state index in [1.807, 2.05) is 25.1 Å². The fraction of sp³-hybridized carbons (Fsp3) is 0.552. The molecule has 3 aliphatic carbocycles. The van der Waals surface area contributed by atoms with Crippen LogP contribution in [0.1, 0.15) is 45.1 Å². The summed E-state index contributed by atoms with van der Waals surface area (Å²) in [5.74, 6) is 0.552. The monoisotopic (exact) mass is 489 g/mol. The number of benzene rings is 1. The highest BCUT2D eigenvalue weighted by Crippen LogP contribution is 2.69. The minimum absolute atomic E-state index is 0.114. The number of hydrogen-bond acceptors (Lipinski definition) is 7. The minimum atomic E-state index is -0.911. The molecule has 1 aromatic heterocycles. The lowest BCUT2D eigenvalue weighted by Crippen LogP contribution is -2.62. The van der Waals surface area contributed by atoms with Gasteiger partial charge in [-0.25, -0.2) is 0 Å². The first kappa shape index (κ1) is 22.7. The molecule has 2 aromatic rings. The Kier molecular flexibility index (Phi) is 4.48. The maximum Gasteiger partial charge on any atom is 0.292 e. The molecule has 36 heavy (non-hydrogen) atoms. The molecule has 0 amide bonds. The number of fused-ring (bicyclic) bond motifs is 2. The highest BCUT2D eigenvalue weighted by Gasteiger charge is 2.68. The van der Waals surface area contributed by atoms with Gasteiger partial charge in [0.1, 0.15) is 11.6 Å². The van der Waals surface area contributed by atoms with Crippen molar-refractivity contribution in [1.82, 2.24) is 9.88 Å². The van der Waals surface area contributed by atoms with Gasteiger partial charge in [-0.05, 0) is 80.1 Å². The molecule has 7 rings (SSSR count). The molecule has 2 spiro atoms. The van der Waals surface area contributed by atoms with Gasteiger partial charge in [0.15, 0.2) is 5.58 Å². The molecule has 8 atom stereocenters. The lowest BCUT2D eigenvalue weighted by atomic mass is 9.54. The van der Waals surface area contributed by atoms with Crippen LogP contribution in [0.15, 0.2) is 52.0 Å². The van der Waals surface area contributed by atoms with Crippen LogP contribution in [0.5, 0.6) is 0 Å². The Morgan fingerprint density at radius 1 is 1.19 bits per heavy atom. The third-order valence-electron chi connectivity index (χ3n) is 10.4. The van der Waals surface area contributed by atoms with Gasteiger partial charge < -0.3 is 30.0 Å². The molecule has 190 valence electrons. The van der Waals surface area contributed by atoms with Crippen LogP contribution in [-0.4, -0.2) is 63.6 Å². The molecule has 7 nitrogen and oxygen atoms in total. The number of aromatic nitrogens is 1. The number of hydrogen-bond donors (Lipinski definition) is 3. The van der Waals surface area contributed by atoms with Crippen LogP contribution in [0.3, 0.4) is 0 Å². The molecule has 2 fully saturated rings. The summed E-state index contributed by atoms with van der Waals surface area (Å²) in [6, 6.07) is 6.21. The number of anilines is 1. The predicted molar refractivity (Wildman–Crippen MR) is 138 cm³/mol. The molecule has 2 bridgehead atoms. The van der Waals surface area contributed by atoms with E-state index in [-0.39, 0.29) is 34.9 Å². The zero-order valence-corrected chi connectivity index (χ0v) is 21.4. The number of nitrogens with two attached hydrogens (primary N) is 1. The van der Waals surface area contributed by atoms with Crippen LogP contribution in [0.25, 0.3) is 16.7 Å². The number of nitrogen functional groups attached to an aromatic ring is 1. The first-order valence-corrected chi connectivity index (χ1v) is 13.1. The number of aliphatic hydroxyl groups excluding tert-OH is 2. The number of rotatable bonds is 2. The van der Waals surface area contributed by atoms with Crippen molar-refractivity contribution in [1.29, 1.82) is 0 Å². The lowest BCUT2D eigenvalue weighted by molar-refractivity contribution is -0.165. The molecule has 2 aliphatic heterocycles. The van der Waals surface area contributed by atoms with Gasteiger partial charge in [0.2, 0.25) is 0 Å². The molecular formula is C29H35N3O4. The third-order valence-corrected chi connectivity index (χ3v) is 10.4. The predicted octanol–water partition coefficient (Wildman–Crippen LogP) is 3.68. The van der Waals surface area contributed by atoms with Crippen molar-refractivity contribution >= 4 is 22.7 Å². The van der Waals surface area contributed by atoms with Crippen molar-refractivity contribution in [2.24, 2.45) is 17.3 Å². The minimum Gasteiger partial charge on any atom is -0.424 e. The average Bonchev–Trinajstić information content (AvgIpc) is 3.49. The molecule has 0 radical (unpaired) electrons. The second kappa shape index (κ2) is 7.10. The molecule has 2 unspecified atom stereocenters. The van der Waals surface area contributed by atoms with Gasteiger partial charge in [-0.2, -0.15) is 4.98 Å². The number of nitrogens with zero attached hydrogens (tertiary/aromatic N) is 2. The van der Waals surface area contributed by atoms with Crippen molar-refractivity contribution in [3.05, 3.63) is 53.1 Å². The van der Waals surface area contributed by atoms with Crippen molar-refractivity contribution in [3.8, 4) is 0 Å². The van der Waals surface area contributed by atoms with E-state index in [9.17, 15) is 10.2 Å². The van der Waals surface area contributed by atoms with E-state index < -0.39 is 17.8 Å². The summed E-state index contributed by atoms with van der Waals surface area (Å²) in [7, 11) is 3.94. The first-order valence-electron chi connectivity index (χ1n) is 13.1. The van der Waals surface area contributed by atoms with E-state index >= 15 is 0 Å². The van der Waals surface area contributed by atoms with E-state index in [1.165, 1.54) is 11.1 Å². The van der Waals surface area contributed by atoms with Gasteiger partial charge in [0.25, 0.3) is 6.01 Å². The zero-order valence-electron chi connectivity index (χ0n) is 21.4. The summed E-state index contributed by atoms with van der Waals surface area (Å²) in [6.07, 6.45) is 8.64. The number of allylic oxidation sites excluding steroid dienone is 3. The lowest BCUT2D eigenvalue weighted by Gasteiger charge is -2.57. The SMILES string of the molecule is CC1C=C2C=C3[C@@H](O)[C@H](O)[C@@H](N(C)C)C[C@]34CC[C@]2(O4)C2CC=C(c3ccc4oc(N)nc4c3)[C@@]12C. The largest absolute Gasteiger partial charge is 0.424 e. The van der Waals surface area contributed by atoms with Crippen LogP contribution >= 0.6 is 0 Å². The van der Waals surface area contributed by atoms with Crippen LogP contribution in [-0.2, 0) is 4.74 Å². The number of ether oxygens (including phenoxy) is 1. The first-order chi connectivity index (χ1) is 17.1. The molecule has 7 heteroatoms. The standard InChI is InChI=1S/C29H35N3O4/c1-15-11-17-13-19-24(33)25(34)21(32(3)4)14-28(19)9-10-29(17,36-28)23-8-6-18(27(15,23)2)16-5-7-22-20(12-16)31-26(30)35-22/h5-7,11-13,15,21,23-25,33-34H,8-10,14H2,1-4H3,(H2,30,31)/t15?,21-,23?,24+,25+,27+,28+,29+/m0/s1. The van der Waals surface area contributed by atoms with Crippen molar-refractivity contribution in [2.45, 2.75) is 69.0 Å². The van der Waals surface area contributed by atoms with Crippen molar-refractivity contribution < 1.29 is 19.4 Å². The van der Waals surface area contributed by atoms with Gasteiger partial charge in [-0.3, -0.25) is 0 Å². The Morgan fingerprint density at radius 3 is 2.78 bits per heavy atom. The van der Waals surface area contributed by atoms with E-state index in [1.54, 1.807) is 0 Å². The third kappa shape index (κ3) is 2.64. The summed E-state index contributed by atoms with van der Waals surface area (Å²) < 4.78 is 12.8. The summed E-state index contributed by atoms with van der Waals surface area (Å²) in [5, 5.41) is 22.1. The second-order valence-corrected chi connectivity index (χ2v) is 12.1. The van der Waals surface area contributed by atoms with Gasteiger partial charge in [-0.15, -0.1) is 0 Å². The van der Waals surface area contributed by atoms with Gasteiger partial charge >= 0.3 is 0 Å². The molecule has 1 saturated heterocycles. The highest BCUT2D eigenvalue weighted by molar-refractivity contribution is 5.83. The molecule has 1 aromatic carbocycles. The Labute approximate surface area is 211 Å². The zero-order chi connectivity index (χ0) is 25.2. The van der Waals surface area contributed by atoms with Crippen LogP contribution in [0.2, 0.25) is 0 Å². The molecular weight excluding hydrogens is 454 g/mol. The molecule has 4 N–H and O–H groups in total. The molecule has 3 heterocycles. The van der Waals surface area contributed by atoms with Crippen molar-refractivity contribution in [3.63, 3.8) is 0 Å². The van der Waals surface area contributed by atoms with Crippen molar-refractivity contribution in [2.75, 3.05) is 19.8 Å². The molecule has 1 saturated carbocycles. The van der Waals surface area contributed by atoms with Gasteiger partial charge in [-0.1, -0.05) is 38.1 Å². The Hall–Kier alpha value is -2.45. The fourth-order valence-corrected chi connectivity index (χ4v) is 8.37. The van der Waals surface area contributed by atoms with E-state index in [0.29, 0.717) is 12.0 Å². The van der Waals surface area contributed by atoms with E-state index in [0.717, 1.165) is 35.9 Å². The summed E-state index contributed by atoms with van der Waals surface area (Å²) in [4.78, 5) is 6.39. The number of likely N-dealkylation sites (N-methyl/N-ethyl adjacent to an activating group) is 1. The van der Waals surface area contributed by atoms with Gasteiger partial charge in [0, 0.05) is 17.4 Å². The number of aliphatic hydroxyl groups is 2. The fourth-order valence-electron chi connectivity index (χ4n) is 8.37. The molecule has 5 aliphatic rings. The van der Waals surface area contributed by atoms with E-state index in [4.69, 9.17) is 14.9 Å². The smallest absolute Gasteiger partial charge is 0.292 e. The number of oxazole rings is 1. The van der Waals surface area contributed by atoms with Crippen LogP contribution in [0.4, 0.5) is 6.01 Å². The summed E-state index contributed by atoms with van der Waals surface area (Å²) in [6.45, 7) is 4.68. The maximum absolute atomic E-state index is 11.2. The Balaban J connectivity index is 1.33. The summed E-state index contributed by atoms with van der Waals surface area (Å²) >= 11 is 0. The topological polar surface area (TPSA) is 105 Å². The van der Waals surface area contributed by atoms with Crippen LogP contribution in [0, 0.1) is 17.3 Å². The normalized spacial score (nSPS) is 43.1. The Bertz CT molecular complexity index is 1370. The second-order valence-electron chi connectivity index (χ2n) is 12.1. The quantitative estimate of drug-likeness (QED) is 0.591. The van der Waals surface area contributed by atoms with E-state index in [2.05, 4.69) is 49.2 Å². The van der Waals surface area contributed by atoms with Gasteiger partial charge in [0.05, 0.1) is 17.3 Å². The Morgan fingerprint density at radius 2 is 2.00 bits per heavy atom. The summed E-state index contributed by atoms with van der Waals surface area (Å²) in [5.41, 5.74) is 10.8. The van der Waals surface area contributed by atoms with Crippen LogP contribution < -0.4 is 5.73 Å².